The van der Waals surface area contributed by atoms with Crippen molar-refractivity contribution in [2.24, 2.45) is 0 Å². The number of anilines is 1. The molecule has 0 atom stereocenters. The lowest BCUT2D eigenvalue weighted by Gasteiger charge is -2.14. The second-order valence-electron chi connectivity index (χ2n) is 5.10. The standard InChI is InChI=1S/C16H20ClN3O/c1-5-7-14-18-15(17)11(2)16(19-14)21-13-9-6-8-12(10-13)20(3)4/h6,8-10H,5,7H2,1-4H3. The fourth-order valence-corrected chi connectivity index (χ4v) is 2.06. The first-order chi connectivity index (χ1) is 10.0. The summed E-state index contributed by atoms with van der Waals surface area (Å²) in [5, 5.41) is 0.451. The Hall–Kier alpha value is -1.81. The third-order valence-corrected chi connectivity index (χ3v) is 3.48. The van der Waals surface area contributed by atoms with E-state index < -0.39 is 0 Å². The summed E-state index contributed by atoms with van der Waals surface area (Å²) in [7, 11) is 3.98. The van der Waals surface area contributed by atoms with E-state index in [9.17, 15) is 0 Å². The second-order valence-corrected chi connectivity index (χ2v) is 5.46. The molecule has 0 spiro atoms. The van der Waals surface area contributed by atoms with Gasteiger partial charge in [-0.2, -0.15) is 4.98 Å². The van der Waals surface area contributed by atoms with Gasteiger partial charge in [0, 0.05) is 37.8 Å². The van der Waals surface area contributed by atoms with Crippen LogP contribution in [0.3, 0.4) is 0 Å². The smallest absolute Gasteiger partial charge is 0.226 e. The van der Waals surface area contributed by atoms with Crippen molar-refractivity contribution >= 4 is 17.3 Å². The van der Waals surface area contributed by atoms with Gasteiger partial charge in [0.2, 0.25) is 5.88 Å². The minimum atomic E-state index is 0.451. The lowest BCUT2D eigenvalue weighted by molar-refractivity contribution is 0.454. The molecule has 0 unspecified atom stereocenters. The highest BCUT2D eigenvalue weighted by atomic mass is 35.5. The van der Waals surface area contributed by atoms with Crippen LogP contribution in [0, 0.1) is 6.92 Å². The molecule has 2 aromatic rings. The van der Waals surface area contributed by atoms with Crippen molar-refractivity contribution in [2.75, 3.05) is 19.0 Å². The maximum atomic E-state index is 6.16. The number of hydrogen-bond donors (Lipinski definition) is 0. The maximum absolute atomic E-state index is 6.16. The van der Waals surface area contributed by atoms with Crippen molar-refractivity contribution in [2.45, 2.75) is 26.7 Å². The molecule has 0 saturated carbocycles. The van der Waals surface area contributed by atoms with Gasteiger partial charge in [-0.25, -0.2) is 4.98 Å². The molecule has 1 heterocycles. The zero-order chi connectivity index (χ0) is 15.4. The lowest BCUT2D eigenvalue weighted by Crippen LogP contribution is -2.08. The van der Waals surface area contributed by atoms with Crippen molar-refractivity contribution < 1.29 is 4.74 Å². The number of benzene rings is 1. The number of rotatable bonds is 5. The van der Waals surface area contributed by atoms with Gasteiger partial charge in [-0.1, -0.05) is 24.6 Å². The summed E-state index contributed by atoms with van der Waals surface area (Å²) in [5.41, 5.74) is 1.82. The highest BCUT2D eigenvalue weighted by Gasteiger charge is 2.11. The van der Waals surface area contributed by atoms with Crippen LogP contribution in [0.5, 0.6) is 11.6 Å². The molecule has 4 nitrogen and oxygen atoms in total. The molecule has 0 aliphatic rings. The Balaban J connectivity index is 2.32. The molecule has 0 aliphatic carbocycles. The number of hydrogen-bond acceptors (Lipinski definition) is 4. The summed E-state index contributed by atoms with van der Waals surface area (Å²) in [6.45, 7) is 3.95. The van der Waals surface area contributed by atoms with Gasteiger partial charge in [-0.05, 0) is 25.5 Å². The Morgan fingerprint density at radius 2 is 2.00 bits per heavy atom. The Labute approximate surface area is 130 Å². The first-order valence-electron chi connectivity index (χ1n) is 6.99. The normalized spacial score (nSPS) is 10.5. The largest absolute Gasteiger partial charge is 0.438 e. The minimum Gasteiger partial charge on any atom is -0.438 e. The van der Waals surface area contributed by atoms with Crippen LogP contribution < -0.4 is 9.64 Å². The van der Waals surface area contributed by atoms with Gasteiger partial charge in [0.1, 0.15) is 16.7 Å². The number of nitrogens with zero attached hydrogens (tertiary/aromatic N) is 3. The number of ether oxygens (including phenoxy) is 1. The van der Waals surface area contributed by atoms with Crippen LogP contribution in [-0.2, 0) is 6.42 Å². The van der Waals surface area contributed by atoms with Crippen LogP contribution in [0.1, 0.15) is 24.7 Å². The van der Waals surface area contributed by atoms with E-state index in [0.29, 0.717) is 16.9 Å². The third-order valence-electron chi connectivity index (χ3n) is 3.11. The predicted octanol–water partition coefficient (Wildman–Crippen LogP) is 4.25. The summed E-state index contributed by atoms with van der Waals surface area (Å²) in [6.07, 6.45) is 1.75. The van der Waals surface area contributed by atoms with E-state index >= 15 is 0 Å². The maximum Gasteiger partial charge on any atom is 0.226 e. The predicted molar refractivity (Wildman–Crippen MR) is 86.6 cm³/mol. The number of aryl methyl sites for hydroxylation is 1. The van der Waals surface area contributed by atoms with Gasteiger partial charge in [0.25, 0.3) is 0 Å². The van der Waals surface area contributed by atoms with E-state index in [1.165, 1.54) is 0 Å². The zero-order valence-electron chi connectivity index (χ0n) is 12.9. The fourth-order valence-electron chi connectivity index (χ4n) is 1.88. The van der Waals surface area contributed by atoms with Crippen LogP contribution in [0.25, 0.3) is 0 Å². The van der Waals surface area contributed by atoms with Crippen LogP contribution >= 0.6 is 11.6 Å². The van der Waals surface area contributed by atoms with E-state index in [1.54, 1.807) is 0 Å². The third kappa shape index (κ3) is 3.85. The molecule has 0 aliphatic heterocycles. The molecule has 21 heavy (non-hydrogen) atoms. The lowest BCUT2D eigenvalue weighted by atomic mass is 10.3. The van der Waals surface area contributed by atoms with Gasteiger partial charge < -0.3 is 9.64 Å². The molecule has 1 aromatic carbocycles. The van der Waals surface area contributed by atoms with E-state index in [0.717, 1.165) is 29.8 Å². The topological polar surface area (TPSA) is 38.2 Å². The Morgan fingerprint density at radius 1 is 1.24 bits per heavy atom. The highest BCUT2D eigenvalue weighted by Crippen LogP contribution is 2.29. The molecule has 0 bridgehead atoms. The van der Waals surface area contributed by atoms with E-state index in [2.05, 4.69) is 16.9 Å². The van der Waals surface area contributed by atoms with Crippen LogP contribution in [0.2, 0.25) is 5.15 Å². The number of halogens is 1. The van der Waals surface area contributed by atoms with Gasteiger partial charge in [0.05, 0.1) is 0 Å². The Morgan fingerprint density at radius 3 is 2.67 bits per heavy atom. The van der Waals surface area contributed by atoms with Gasteiger partial charge >= 0.3 is 0 Å². The summed E-state index contributed by atoms with van der Waals surface area (Å²) >= 11 is 6.16. The monoisotopic (exact) mass is 305 g/mol. The van der Waals surface area contributed by atoms with Crippen molar-refractivity contribution in [3.63, 3.8) is 0 Å². The molecule has 0 radical (unpaired) electrons. The minimum absolute atomic E-state index is 0.451. The average Bonchev–Trinajstić information content (AvgIpc) is 2.45. The van der Waals surface area contributed by atoms with Crippen molar-refractivity contribution in [3.8, 4) is 11.6 Å². The first-order valence-corrected chi connectivity index (χ1v) is 7.37. The summed E-state index contributed by atoms with van der Waals surface area (Å²) in [4.78, 5) is 10.8. The van der Waals surface area contributed by atoms with E-state index in [4.69, 9.17) is 16.3 Å². The van der Waals surface area contributed by atoms with E-state index in [1.807, 2.05) is 50.2 Å². The van der Waals surface area contributed by atoms with Gasteiger partial charge in [-0.3, -0.25) is 0 Å². The van der Waals surface area contributed by atoms with Crippen molar-refractivity contribution in [1.82, 2.24) is 9.97 Å². The van der Waals surface area contributed by atoms with Crippen LogP contribution in [0.4, 0.5) is 5.69 Å². The van der Waals surface area contributed by atoms with E-state index in [-0.39, 0.29) is 0 Å². The molecule has 0 amide bonds. The quantitative estimate of drug-likeness (QED) is 0.774. The molecular formula is C16H20ClN3O. The average molecular weight is 306 g/mol. The first kappa shape index (κ1) is 15.6. The molecule has 112 valence electrons. The second kappa shape index (κ2) is 6.76. The van der Waals surface area contributed by atoms with Crippen molar-refractivity contribution in [3.05, 3.63) is 40.8 Å². The zero-order valence-corrected chi connectivity index (χ0v) is 13.6. The summed E-state index contributed by atoms with van der Waals surface area (Å²) < 4.78 is 5.91. The van der Waals surface area contributed by atoms with Crippen LogP contribution in [-0.4, -0.2) is 24.1 Å². The molecule has 0 saturated heterocycles. The van der Waals surface area contributed by atoms with Crippen molar-refractivity contribution in [1.29, 1.82) is 0 Å². The molecule has 0 N–H and O–H groups in total. The molecule has 0 fully saturated rings. The summed E-state index contributed by atoms with van der Waals surface area (Å²) in [6, 6.07) is 7.85. The Kier molecular flexibility index (Phi) is 5.02. The van der Waals surface area contributed by atoms with Gasteiger partial charge in [0.15, 0.2) is 0 Å². The fraction of sp³-hybridized carbons (Fsp3) is 0.375. The van der Waals surface area contributed by atoms with Crippen LogP contribution in [0.15, 0.2) is 24.3 Å². The highest BCUT2D eigenvalue weighted by molar-refractivity contribution is 6.30. The Bertz CT molecular complexity index is 629. The SMILES string of the molecule is CCCc1nc(Cl)c(C)c(Oc2cccc(N(C)C)c2)n1. The molecule has 2 rings (SSSR count). The molecule has 5 heteroatoms. The van der Waals surface area contributed by atoms with Gasteiger partial charge in [-0.15, -0.1) is 0 Å². The molecule has 1 aromatic heterocycles. The molecular weight excluding hydrogens is 286 g/mol. The summed E-state index contributed by atoms with van der Waals surface area (Å²) in [5.74, 6) is 1.97. The number of aromatic nitrogens is 2.